The van der Waals surface area contributed by atoms with Crippen LogP contribution in [-0.2, 0) is 0 Å². The molecular formula is C51H32N4OS. The van der Waals surface area contributed by atoms with Crippen molar-refractivity contribution in [3.8, 4) is 16.8 Å². The highest BCUT2D eigenvalue weighted by Crippen LogP contribution is 2.45. The molecular weight excluding hydrogens is 717 g/mol. The summed E-state index contributed by atoms with van der Waals surface area (Å²) in [4.78, 5) is 10.1. The van der Waals surface area contributed by atoms with Gasteiger partial charge in [-0.15, -0.1) is 11.3 Å². The quantitative estimate of drug-likeness (QED) is 0.191. The normalized spacial score (nSPS) is 14.5. The van der Waals surface area contributed by atoms with E-state index in [2.05, 4.69) is 155 Å². The Kier molecular flexibility index (Phi) is 7.09. The second kappa shape index (κ2) is 12.6. The molecule has 0 aliphatic carbocycles. The lowest BCUT2D eigenvalue weighted by Gasteiger charge is -2.23. The Hall–Kier alpha value is -7.28. The minimum Gasteiger partial charge on any atom is -0.456 e. The third-order valence-corrected chi connectivity index (χ3v) is 12.4. The second-order valence-corrected chi connectivity index (χ2v) is 15.6. The van der Waals surface area contributed by atoms with Crippen molar-refractivity contribution in [2.24, 2.45) is 9.98 Å². The Balaban J connectivity index is 1.01. The molecule has 6 heteroatoms. The second-order valence-electron chi connectivity index (χ2n) is 14.6. The number of para-hydroxylation sites is 2. The zero-order valence-corrected chi connectivity index (χ0v) is 31.4. The molecule has 8 aromatic carbocycles. The largest absolute Gasteiger partial charge is 0.456 e. The molecule has 0 radical (unpaired) electrons. The summed E-state index contributed by atoms with van der Waals surface area (Å²) >= 11 is 1.85. The molecule has 57 heavy (non-hydrogen) atoms. The van der Waals surface area contributed by atoms with E-state index in [4.69, 9.17) is 14.4 Å². The Morgan fingerprint density at radius 3 is 2.00 bits per heavy atom. The number of aliphatic imine (C=N–C) groups is 2. The lowest BCUT2D eigenvalue weighted by molar-refractivity contribution is 0.668. The first kappa shape index (κ1) is 32.0. The number of benzene rings is 8. The number of rotatable bonds is 5. The topological polar surface area (TPSA) is 54.8 Å². The third kappa shape index (κ3) is 5.08. The van der Waals surface area contributed by atoms with E-state index in [0.29, 0.717) is 5.84 Å². The van der Waals surface area contributed by atoms with Gasteiger partial charge in [-0.1, -0.05) is 127 Å². The van der Waals surface area contributed by atoms with Crippen molar-refractivity contribution < 1.29 is 4.42 Å². The van der Waals surface area contributed by atoms with Gasteiger partial charge in [0.05, 0.1) is 11.0 Å². The average Bonchev–Trinajstić information content (AvgIpc) is 3.96. The van der Waals surface area contributed by atoms with Gasteiger partial charge in [0, 0.05) is 58.5 Å². The smallest absolute Gasteiger partial charge is 0.159 e. The lowest BCUT2D eigenvalue weighted by Crippen LogP contribution is -2.33. The summed E-state index contributed by atoms with van der Waals surface area (Å²) in [6.45, 7) is 0. The predicted octanol–water partition coefficient (Wildman–Crippen LogP) is 13.2. The summed E-state index contributed by atoms with van der Waals surface area (Å²) < 4.78 is 11.5. The molecule has 0 spiro atoms. The summed E-state index contributed by atoms with van der Waals surface area (Å²) in [5.74, 6) is 1.48. The van der Waals surface area contributed by atoms with Crippen LogP contribution in [-0.4, -0.2) is 16.2 Å². The Bertz CT molecular complexity index is 3390. The standard InChI is InChI=1S/C51H32N4OS/c1-3-13-31(14-4-1)49-52-50(32-15-5-2-6-16-32)54-51(53-49)33-25-28-43-40(29-33)47-37(19-11-23-44(47)56-43)38-20-12-24-45-48(38)39-27-26-34(30-46(39)57-45)55-41-21-9-7-17-35(41)36-18-8-10-22-42(36)55/h1-30,49H,(H,52,53,54). The molecule has 4 heterocycles. The Labute approximate surface area is 331 Å². The summed E-state index contributed by atoms with van der Waals surface area (Å²) in [6.07, 6.45) is -0.277. The van der Waals surface area contributed by atoms with Gasteiger partial charge in [-0.3, -0.25) is 0 Å². The summed E-state index contributed by atoms with van der Waals surface area (Å²) in [6, 6.07) is 64.3. The molecule has 5 nitrogen and oxygen atoms in total. The predicted molar refractivity (Wildman–Crippen MR) is 238 cm³/mol. The van der Waals surface area contributed by atoms with Gasteiger partial charge >= 0.3 is 0 Å². The van der Waals surface area contributed by atoms with Crippen LogP contribution in [0.3, 0.4) is 0 Å². The molecule has 0 fully saturated rings. The molecule has 1 atom stereocenters. The van der Waals surface area contributed by atoms with Crippen molar-refractivity contribution in [3.05, 3.63) is 199 Å². The van der Waals surface area contributed by atoms with Crippen LogP contribution in [0.15, 0.2) is 196 Å². The van der Waals surface area contributed by atoms with Crippen LogP contribution in [0.4, 0.5) is 0 Å². The maximum atomic E-state index is 6.56. The molecule has 0 bridgehead atoms. The molecule has 0 amide bonds. The fraction of sp³-hybridized carbons (Fsp3) is 0.0196. The van der Waals surface area contributed by atoms with E-state index in [1.165, 1.54) is 47.5 Å². The number of nitrogens with zero attached hydrogens (tertiary/aromatic N) is 3. The molecule has 3 aromatic heterocycles. The maximum Gasteiger partial charge on any atom is 0.159 e. The van der Waals surface area contributed by atoms with Crippen LogP contribution in [0.2, 0.25) is 0 Å². The van der Waals surface area contributed by atoms with Crippen molar-refractivity contribution in [1.82, 2.24) is 9.88 Å². The van der Waals surface area contributed by atoms with Crippen LogP contribution in [0.1, 0.15) is 22.9 Å². The number of hydrogen-bond acceptors (Lipinski definition) is 5. The zero-order valence-electron chi connectivity index (χ0n) is 30.6. The van der Waals surface area contributed by atoms with Gasteiger partial charge in [-0.2, -0.15) is 0 Å². The van der Waals surface area contributed by atoms with Gasteiger partial charge in [0.2, 0.25) is 0 Å². The van der Waals surface area contributed by atoms with E-state index in [9.17, 15) is 0 Å². The number of thiophene rings is 1. The third-order valence-electron chi connectivity index (χ3n) is 11.3. The number of furan rings is 1. The molecule has 1 unspecified atom stereocenters. The van der Waals surface area contributed by atoms with Gasteiger partial charge in [-0.25, -0.2) is 9.98 Å². The van der Waals surface area contributed by atoms with Crippen LogP contribution in [0.25, 0.3) is 80.7 Å². The van der Waals surface area contributed by atoms with E-state index >= 15 is 0 Å². The van der Waals surface area contributed by atoms with Crippen LogP contribution >= 0.6 is 11.3 Å². The number of hydrogen-bond donors (Lipinski definition) is 1. The number of aromatic nitrogens is 1. The van der Waals surface area contributed by atoms with Crippen molar-refractivity contribution in [1.29, 1.82) is 0 Å². The van der Waals surface area contributed by atoms with Crippen molar-refractivity contribution in [2.45, 2.75) is 6.17 Å². The highest BCUT2D eigenvalue weighted by Gasteiger charge is 2.23. The van der Waals surface area contributed by atoms with Crippen LogP contribution < -0.4 is 5.32 Å². The summed E-state index contributed by atoms with van der Waals surface area (Å²) in [5.41, 5.74) is 10.7. The van der Waals surface area contributed by atoms with Crippen molar-refractivity contribution >= 4 is 86.9 Å². The Morgan fingerprint density at radius 1 is 0.509 bits per heavy atom. The Morgan fingerprint density at radius 2 is 1.21 bits per heavy atom. The highest BCUT2D eigenvalue weighted by molar-refractivity contribution is 7.26. The first-order valence-corrected chi connectivity index (χ1v) is 20.0. The molecule has 12 rings (SSSR count). The molecule has 1 aliphatic heterocycles. The molecule has 0 saturated heterocycles. The first-order valence-electron chi connectivity index (χ1n) is 19.2. The molecule has 0 saturated carbocycles. The van der Waals surface area contributed by atoms with Gasteiger partial charge in [0.25, 0.3) is 0 Å². The van der Waals surface area contributed by atoms with Gasteiger partial charge < -0.3 is 14.3 Å². The number of fused-ring (bicyclic) bond motifs is 9. The monoisotopic (exact) mass is 748 g/mol. The molecule has 1 aliphatic rings. The number of nitrogens with one attached hydrogen (secondary N) is 1. The average molecular weight is 749 g/mol. The van der Waals surface area contributed by atoms with Gasteiger partial charge in [0.1, 0.15) is 23.2 Å². The zero-order chi connectivity index (χ0) is 37.5. The van der Waals surface area contributed by atoms with E-state index < -0.39 is 0 Å². The van der Waals surface area contributed by atoms with Crippen molar-refractivity contribution in [3.63, 3.8) is 0 Å². The van der Waals surface area contributed by atoms with Crippen LogP contribution in [0, 0.1) is 0 Å². The lowest BCUT2D eigenvalue weighted by atomic mass is 9.95. The van der Waals surface area contributed by atoms with Gasteiger partial charge in [0.15, 0.2) is 5.84 Å². The minimum atomic E-state index is -0.277. The fourth-order valence-electron chi connectivity index (χ4n) is 8.70. The van der Waals surface area contributed by atoms with Crippen LogP contribution in [0.5, 0.6) is 0 Å². The van der Waals surface area contributed by atoms with E-state index in [1.807, 2.05) is 47.7 Å². The first-order chi connectivity index (χ1) is 28.2. The summed E-state index contributed by atoms with van der Waals surface area (Å²) in [5, 5.41) is 10.8. The summed E-state index contributed by atoms with van der Waals surface area (Å²) in [7, 11) is 0. The SMILES string of the molecule is c1ccc(C2=NC(c3ccccc3)NC(c3ccc4oc5cccc(-c6cccc7sc8cc(-n9c%10ccccc%10c%10ccccc%109)ccc8c67)c5c4c3)=N2)cc1. The van der Waals surface area contributed by atoms with Gasteiger partial charge in [-0.05, 0) is 71.3 Å². The molecule has 1 N–H and O–H groups in total. The fourth-order valence-corrected chi connectivity index (χ4v) is 9.86. The molecule has 268 valence electrons. The van der Waals surface area contributed by atoms with E-state index in [0.717, 1.165) is 55.7 Å². The van der Waals surface area contributed by atoms with E-state index in [-0.39, 0.29) is 6.17 Å². The number of amidine groups is 2. The van der Waals surface area contributed by atoms with Crippen molar-refractivity contribution in [2.75, 3.05) is 0 Å². The maximum absolute atomic E-state index is 6.56. The molecule has 11 aromatic rings. The van der Waals surface area contributed by atoms with E-state index in [1.54, 1.807) is 0 Å². The highest BCUT2D eigenvalue weighted by atomic mass is 32.1. The minimum absolute atomic E-state index is 0.277.